The fraction of sp³-hybridized carbons (Fsp3) is 0.235. The molecule has 21 heavy (non-hydrogen) atoms. The van der Waals surface area contributed by atoms with Crippen LogP contribution in [-0.2, 0) is 9.53 Å². The minimum atomic E-state index is -0.577. The molecule has 0 bridgehead atoms. The maximum absolute atomic E-state index is 12.1. The first-order valence-corrected chi connectivity index (χ1v) is 6.69. The van der Waals surface area contributed by atoms with Crippen LogP contribution in [0.25, 0.3) is 0 Å². The lowest BCUT2D eigenvalue weighted by Crippen LogP contribution is -2.22. The predicted octanol–water partition coefficient (Wildman–Crippen LogP) is 3.33. The van der Waals surface area contributed by atoms with Crippen LogP contribution in [-0.4, -0.2) is 20.2 Å². The number of rotatable bonds is 5. The van der Waals surface area contributed by atoms with Gasteiger partial charge in [-0.05, 0) is 24.6 Å². The maximum Gasteiger partial charge on any atom is 0.332 e. The van der Waals surface area contributed by atoms with Crippen molar-refractivity contribution >= 4 is 11.7 Å². The number of hydrogen-bond acceptors (Lipinski definition) is 4. The monoisotopic (exact) mass is 285 g/mol. The zero-order valence-corrected chi connectivity index (χ0v) is 12.4. The summed E-state index contributed by atoms with van der Waals surface area (Å²) >= 11 is 0. The number of benzene rings is 2. The predicted molar refractivity (Wildman–Crippen MR) is 82.6 cm³/mol. The summed E-state index contributed by atoms with van der Waals surface area (Å²) in [6, 6.07) is 14.7. The molecule has 0 aromatic heterocycles. The highest BCUT2D eigenvalue weighted by Crippen LogP contribution is 2.28. The summed E-state index contributed by atoms with van der Waals surface area (Å²) in [6.45, 7) is 2.00. The number of para-hydroxylation sites is 2. The van der Waals surface area contributed by atoms with Crippen LogP contribution in [0.4, 0.5) is 5.69 Å². The first-order chi connectivity index (χ1) is 10.2. The number of nitrogens with one attached hydrogen (secondary N) is 1. The summed E-state index contributed by atoms with van der Waals surface area (Å²) in [7, 11) is 2.98. The van der Waals surface area contributed by atoms with E-state index < -0.39 is 6.04 Å². The Morgan fingerprint density at radius 1 is 1.05 bits per heavy atom. The van der Waals surface area contributed by atoms with E-state index in [2.05, 4.69) is 5.32 Å². The van der Waals surface area contributed by atoms with Crippen LogP contribution in [0.2, 0.25) is 0 Å². The third-order valence-corrected chi connectivity index (χ3v) is 3.25. The smallest absolute Gasteiger partial charge is 0.332 e. The second-order valence-electron chi connectivity index (χ2n) is 4.71. The van der Waals surface area contributed by atoms with E-state index in [1.165, 1.54) is 7.11 Å². The van der Waals surface area contributed by atoms with Gasteiger partial charge in [0.25, 0.3) is 0 Å². The van der Waals surface area contributed by atoms with Gasteiger partial charge in [0.1, 0.15) is 5.75 Å². The third kappa shape index (κ3) is 3.54. The average Bonchev–Trinajstić information content (AvgIpc) is 2.53. The highest BCUT2D eigenvalue weighted by atomic mass is 16.5. The highest BCUT2D eigenvalue weighted by molar-refractivity contribution is 5.81. The first-order valence-electron chi connectivity index (χ1n) is 6.69. The molecule has 2 aromatic carbocycles. The van der Waals surface area contributed by atoms with Crippen LogP contribution in [0.1, 0.15) is 17.2 Å². The van der Waals surface area contributed by atoms with Crippen molar-refractivity contribution < 1.29 is 14.3 Å². The topological polar surface area (TPSA) is 47.6 Å². The number of hydrogen-bond donors (Lipinski definition) is 1. The molecule has 2 aromatic rings. The quantitative estimate of drug-likeness (QED) is 0.856. The SMILES string of the molecule is COC(=O)C(Nc1ccccc1OC)c1ccc(C)cc1. The van der Waals surface area contributed by atoms with E-state index in [0.717, 1.165) is 16.8 Å². The molecule has 0 aliphatic carbocycles. The second kappa shape index (κ2) is 6.79. The molecule has 0 radical (unpaired) electrons. The van der Waals surface area contributed by atoms with Gasteiger partial charge in [-0.25, -0.2) is 4.79 Å². The summed E-state index contributed by atoms with van der Waals surface area (Å²) in [6.07, 6.45) is 0. The molecule has 0 saturated carbocycles. The van der Waals surface area contributed by atoms with Gasteiger partial charge in [0, 0.05) is 0 Å². The van der Waals surface area contributed by atoms with Crippen LogP contribution in [0.15, 0.2) is 48.5 Å². The Morgan fingerprint density at radius 2 is 1.71 bits per heavy atom. The van der Waals surface area contributed by atoms with E-state index in [9.17, 15) is 4.79 Å². The normalized spacial score (nSPS) is 11.6. The highest BCUT2D eigenvalue weighted by Gasteiger charge is 2.22. The molecule has 0 saturated heterocycles. The Kier molecular flexibility index (Phi) is 4.82. The summed E-state index contributed by atoms with van der Waals surface area (Å²) in [5.74, 6) is 0.336. The first kappa shape index (κ1) is 14.9. The van der Waals surface area contributed by atoms with Crippen LogP contribution in [0, 0.1) is 6.92 Å². The minimum Gasteiger partial charge on any atom is -0.495 e. The van der Waals surface area contributed by atoms with Crippen molar-refractivity contribution in [2.75, 3.05) is 19.5 Å². The standard InChI is InChI=1S/C17H19NO3/c1-12-8-10-13(11-9-12)16(17(19)21-3)18-14-6-4-5-7-15(14)20-2/h4-11,16,18H,1-3H3. The molecule has 0 amide bonds. The molecule has 0 aliphatic rings. The van der Waals surface area contributed by atoms with Crippen molar-refractivity contribution in [2.24, 2.45) is 0 Å². The lowest BCUT2D eigenvalue weighted by Gasteiger charge is -2.19. The van der Waals surface area contributed by atoms with Crippen molar-refractivity contribution in [3.8, 4) is 5.75 Å². The van der Waals surface area contributed by atoms with E-state index in [-0.39, 0.29) is 5.97 Å². The van der Waals surface area contributed by atoms with Gasteiger partial charge in [-0.1, -0.05) is 42.0 Å². The summed E-state index contributed by atoms with van der Waals surface area (Å²) in [5.41, 5.74) is 2.73. The Morgan fingerprint density at radius 3 is 2.33 bits per heavy atom. The zero-order valence-electron chi connectivity index (χ0n) is 12.4. The molecule has 0 fully saturated rings. The van der Waals surface area contributed by atoms with Crippen LogP contribution >= 0.6 is 0 Å². The summed E-state index contributed by atoms with van der Waals surface area (Å²) in [5, 5.41) is 3.19. The molecule has 0 aliphatic heterocycles. The number of carbonyl (C=O) groups excluding carboxylic acids is 1. The van der Waals surface area contributed by atoms with Crippen molar-refractivity contribution in [3.05, 3.63) is 59.7 Å². The number of esters is 1. The fourth-order valence-corrected chi connectivity index (χ4v) is 2.07. The lowest BCUT2D eigenvalue weighted by atomic mass is 10.0. The number of ether oxygens (including phenoxy) is 2. The number of aryl methyl sites for hydroxylation is 1. The third-order valence-electron chi connectivity index (χ3n) is 3.25. The average molecular weight is 285 g/mol. The van der Waals surface area contributed by atoms with Gasteiger partial charge in [-0.15, -0.1) is 0 Å². The Balaban J connectivity index is 2.33. The Hall–Kier alpha value is -2.49. The molecular weight excluding hydrogens is 266 g/mol. The van der Waals surface area contributed by atoms with E-state index in [0.29, 0.717) is 5.75 Å². The zero-order chi connectivity index (χ0) is 15.2. The Bertz CT molecular complexity index is 608. The van der Waals surface area contributed by atoms with Crippen LogP contribution in [0.5, 0.6) is 5.75 Å². The van der Waals surface area contributed by atoms with E-state index in [4.69, 9.17) is 9.47 Å². The largest absolute Gasteiger partial charge is 0.495 e. The molecule has 4 nitrogen and oxygen atoms in total. The summed E-state index contributed by atoms with van der Waals surface area (Å²) < 4.78 is 10.2. The Labute approximate surface area is 124 Å². The molecule has 4 heteroatoms. The van der Waals surface area contributed by atoms with Gasteiger partial charge in [-0.3, -0.25) is 0 Å². The van der Waals surface area contributed by atoms with Gasteiger partial charge < -0.3 is 14.8 Å². The maximum atomic E-state index is 12.1. The number of carbonyl (C=O) groups is 1. The van der Waals surface area contributed by atoms with Gasteiger partial charge in [0.15, 0.2) is 6.04 Å². The molecule has 110 valence electrons. The molecule has 1 unspecified atom stereocenters. The molecule has 0 heterocycles. The van der Waals surface area contributed by atoms with Crippen LogP contribution in [0.3, 0.4) is 0 Å². The number of anilines is 1. The lowest BCUT2D eigenvalue weighted by molar-refractivity contribution is -0.141. The molecule has 1 atom stereocenters. The van der Waals surface area contributed by atoms with Gasteiger partial charge in [0.05, 0.1) is 19.9 Å². The van der Waals surface area contributed by atoms with Gasteiger partial charge in [-0.2, -0.15) is 0 Å². The van der Waals surface area contributed by atoms with Crippen molar-refractivity contribution in [1.82, 2.24) is 0 Å². The number of methoxy groups -OCH3 is 2. The second-order valence-corrected chi connectivity index (χ2v) is 4.71. The van der Waals surface area contributed by atoms with Crippen molar-refractivity contribution in [1.29, 1.82) is 0 Å². The van der Waals surface area contributed by atoms with Gasteiger partial charge >= 0.3 is 5.97 Å². The summed E-state index contributed by atoms with van der Waals surface area (Å²) in [4.78, 5) is 12.1. The van der Waals surface area contributed by atoms with Crippen molar-refractivity contribution in [2.45, 2.75) is 13.0 Å². The van der Waals surface area contributed by atoms with E-state index >= 15 is 0 Å². The molecule has 0 spiro atoms. The molecule has 1 N–H and O–H groups in total. The van der Waals surface area contributed by atoms with Crippen molar-refractivity contribution in [3.63, 3.8) is 0 Å². The molecular formula is C17H19NO3. The van der Waals surface area contributed by atoms with E-state index in [1.54, 1.807) is 7.11 Å². The fourth-order valence-electron chi connectivity index (χ4n) is 2.07. The van der Waals surface area contributed by atoms with E-state index in [1.807, 2.05) is 55.5 Å². The van der Waals surface area contributed by atoms with Crippen LogP contribution < -0.4 is 10.1 Å². The molecule has 2 rings (SSSR count). The minimum absolute atomic E-state index is 0.343. The van der Waals surface area contributed by atoms with Gasteiger partial charge in [0.2, 0.25) is 0 Å².